The molecule has 1 amide bonds. The average molecular weight is 315 g/mol. The molecule has 0 aliphatic carbocycles. The highest BCUT2D eigenvalue weighted by atomic mass is 16.4. The first-order chi connectivity index (χ1) is 10.9. The zero-order valence-corrected chi connectivity index (χ0v) is 14.2. The highest BCUT2D eigenvalue weighted by molar-refractivity contribution is 5.72. The van der Waals surface area contributed by atoms with Crippen LogP contribution in [0.25, 0.3) is 11.1 Å². The molecule has 0 fully saturated rings. The van der Waals surface area contributed by atoms with Crippen molar-refractivity contribution >= 4 is 11.9 Å². The summed E-state index contributed by atoms with van der Waals surface area (Å²) in [5.41, 5.74) is 2.55. The molecule has 2 aromatic carbocycles. The van der Waals surface area contributed by atoms with Crippen molar-refractivity contribution in [2.75, 3.05) is 13.6 Å². The maximum Gasteiger partial charge on any atom is 0.300 e. The largest absolute Gasteiger partial charge is 0.481 e. The lowest BCUT2D eigenvalue weighted by Gasteiger charge is -2.09. The zero-order chi connectivity index (χ0) is 17.7. The summed E-state index contributed by atoms with van der Waals surface area (Å²) in [5, 5.41) is 7.42. The Balaban J connectivity index is 0.000000377. The van der Waals surface area contributed by atoms with Crippen molar-refractivity contribution in [1.82, 2.24) is 4.90 Å². The van der Waals surface area contributed by atoms with Crippen LogP contribution < -0.4 is 0 Å². The van der Waals surface area contributed by atoms with Crippen molar-refractivity contribution in [3.8, 4) is 11.1 Å². The third-order valence-electron chi connectivity index (χ3n) is 2.89. The minimum atomic E-state index is -0.833. The van der Waals surface area contributed by atoms with E-state index in [4.69, 9.17) is 9.90 Å². The second-order valence-corrected chi connectivity index (χ2v) is 4.78. The van der Waals surface area contributed by atoms with E-state index < -0.39 is 5.97 Å². The molecule has 0 spiro atoms. The fraction of sp³-hybridized carbons (Fsp3) is 0.263. The fourth-order valence-electron chi connectivity index (χ4n) is 1.48. The summed E-state index contributed by atoms with van der Waals surface area (Å²) >= 11 is 0. The lowest BCUT2D eigenvalue weighted by molar-refractivity contribution is -0.134. The molecule has 0 unspecified atom stereocenters. The van der Waals surface area contributed by atoms with Crippen molar-refractivity contribution in [1.29, 1.82) is 0 Å². The maximum absolute atomic E-state index is 10.3. The molecule has 0 aliphatic rings. The van der Waals surface area contributed by atoms with Gasteiger partial charge in [0.2, 0.25) is 5.91 Å². The van der Waals surface area contributed by atoms with E-state index in [1.54, 1.807) is 18.9 Å². The summed E-state index contributed by atoms with van der Waals surface area (Å²) in [6, 6.07) is 20.8. The Hall–Kier alpha value is -2.62. The van der Waals surface area contributed by atoms with Crippen LogP contribution >= 0.6 is 0 Å². The van der Waals surface area contributed by atoms with Gasteiger partial charge in [0.25, 0.3) is 5.97 Å². The van der Waals surface area contributed by atoms with E-state index in [9.17, 15) is 4.79 Å². The molecule has 1 N–H and O–H groups in total. The molecule has 0 bridgehead atoms. The van der Waals surface area contributed by atoms with E-state index in [0.29, 0.717) is 0 Å². The number of carbonyl (C=O) groups is 2. The van der Waals surface area contributed by atoms with Gasteiger partial charge in [-0.2, -0.15) is 0 Å². The van der Waals surface area contributed by atoms with E-state index in [1.807, 2.05) is 19.1 Å². The van der Waals surface area contributed by atoms with Crippen molar-refractivity contribution in [2.24, 2.45) is 0 Å². The minimum Gasteiger partial charge on any atom is -0.481 e. The average Bonchev–Trinajstić information content (AvgIpc) is 2.55. The SMILES string of the molecule is CC(=O)O.CCN(C)C(C)=O.c1ccc(-c2ccccc2)cc1. The first-order valence-corrected chi connectivity index (χ1v) is 7.40. The normalized spacial score (nSPS) is 8.70. The Labute approximate surface area is 138 Å². The first-order valence-electron chi connectivity index (χ1n) is 7.40. The first kappa shape index (κ1) is 20.4. The third-order valence-corrected chi connectivity index (χ3v) is 2.89. The van der Waals surface area contributed by atoms with Gasteiger partial charge in [-0.15, -0.1) is 0 Å². The molecule has 0 saturated carbocycles. The van der Waals surface area contributed by atoms with Crippen LogP contribution in [-0.4, -0.2) is 35.5 Å². The number of benzene rings is 2. The highest BCUT2D eigenvalue weighted by Crippen LogP contribution is 2.17. The molecule has 0 aromatic heterocycles. The number of nitrogens with zero attached hydrogens (tertiary/aromatic N) is 1. The van der Waals surface area contributed by atoms with Crippen LogP contribution in [0.4, 0.5) is 0 Å². The van der Waals surface area contributed by atoms with Gasteiger partial charge < -0.3 is 10.0 Å². The van der Waals surface area contributed by atoms with Crippen molar-refractivity contribution in [3.63, 3.8) is 0 Å². The van der Waals surface area contributed by atoms with Gasteiger partial charge in [-0.05, 0) is 18.1 Å². The standard InChI is InChI=1S/C12H10.C5H11NO.C2H4O2/c1-3-7-11(8-4-1)12-9-5-2-6-10-12;1-4-6(3)5(2)7;1-2(3)4/h1-10H;4H2,1-3H3;1H3,(H,3,4). The van der Waals surface area contributed by atoms with Gasteiger partial charge in [-0.3, -0.25) is 9.59 Å². The Morgan fingerprint density at radius 2 is 1.17 bits per heavy atom. The Morgan fingerprint density at radius 1 is 0.870 bits per heavy atom. The summed E-state index contributed by atoms with van der Waals surface area (Å²) in [4.78, 5) is 21.0. The number of carboxylic acids is 1. The zero-order valence-electron chi connectivity index (χ0n) is 14.2. The summed E-state index contributed by atoms with van der Waals surface area (Å²) in [6.07, 6.45) is 0. The Kier molecular flexibility index (Phi) is 10.6. The quantitative estimate of drug-likeness (QED) is 0.913. The topological polar surface area (TPSA) is 57.6 Å². The lowest BCUT2D eigenvalue weighted by Crippen LogP contribution is -2.22. The third kappa shape index (κ3) is 10.7. The van der Waals surface area contributed by atoms with Gasteiger partial charge in [0.15, 0.2) is 0 Å². The predicted molar refractivity (Wildman–Crippen MR) is 94.2 cm³/mol. The van der Waals surface area contributed by atoms with E-state index in [-0.39, 0.29) is 5.91 Å². The molecule has 0 atom stereocenters. The van der Waals surface area contributed by atoms with Gasteiger partial charge in [0.05, 0.1) is 0 Å². The maximum atomic E-state index is 10.3. The molecular formula is C19H25NO3. The van der Waals surface area contributed by atoms with E-state index in [0.717, 1.165) is 13.5 Å². The number of aliphatic carboxylic acids is 1. The van der Waals surface area contributed by atoms with E-state index in [1.165, 1.54) is 11.1 Å². The molecule has 4 heteroatoms. The smallest absolute Gasteiger partial charge is 0.300 e. The highest BCUT2D eigenvalue weighted by Gasteiger charge is 1.93. The molecule has 0 saturated heterocycles. The van der Waals surface area contributed by atoms with Crippen LogP contribution in [0.15, 0.2) is 60.7 Å². The summed E-state index contributed by atoms with van der Waals surface area (Å²) in [6.45, 7) is 5.39. The van der Waals surface area contributed by atoms with Gasteiger partial charge in [-0.25, -0.2) is 0 Å². The summed E-state index contributed by atoms with van der Waals surface area (Å²) < 4.78 is 0. The van der Waals surface area contributed by atoms with Crippen molar-refractivity contribution in [3.05, 3.63) is 60.7 Å². The molecule has 124 valence electrons. The number of hydrogen-bond donors (Lipinski definition) is 1. The van der Waals surface area contributed by atoms with Crippen molar-refractivity contribution < 1.29 is 14.7 Å². The second kappa shape index (κ2) is 12.0. The Morgan fingerprint density at radius 3 is 1.35 bits per heavy atom. The molecule has 0 aliphatic heterocycles. The monoisotopic (exact) mass is 315 g/mol. The number of carboxylic acid groups (broad SMARTS) is 1. The number of hydrogen-bond acceptors (Lipinski definition) is 2. The molecular weight excluding hydrogens is 290 g/mol. The fourth-order valence-corrected chi connectivity index (χ4v) is 1.48. The minimum absolute atomic E-state index is 0.127. The van der Waals surface area contributed by atoms with Gasteiger partial charge in [0, 0.05) is 27.4 Å². The van der Waals surface area contributed by atoms with Crippen LogP contribution in [0.3, 0.4) is 0 Å². The Bertz CT molecular complexity index is 526. The lowest BCUT2D eigenvalue weighted by atomic mass is 10.1. The van der Waals surface area contributed by atoms with Crippen LogP contribution in [0.1, 0.15) is 20.8 Å². The van der Waals surface area contributed by atoms with E-state index in [2.05, 4.69) is 48.5 Å². The number of rotatable bonds is 2. The molecule has 0 heterocycles. The van der Waals surface area contributed by atoms with Crippen molar-refractivity contribution in [2.45, 2.75) is 20.8 Å². The van der Waals surface area contributed by atoms with Gasteiger partial charge >= 0.3 is 0 Å². The van der Waals surface area contributed by atoms with Gasteiger partial charge in [0.1, 0.15) is 0 Å². The number of carbonyl (C=O) groups excluding carboxylic acids is 1. The number of amides is 1. The van der Waals surface area contributed by atoms with Crippen LogP contribution in [0.5, 0.6) is 0 Å². The summed E-state index contributed by atoms with van der Waals surface area (Å²) in [7, 11) is 1.78. The molecule has 23 heavy (non-hydrogen) atoms. The summed E-state index contributed by atoms with van der Waals surface area (Å²) in [5.74, 6) is -0.706. The molecule has 0 radical (unpaired) electrons. The second-order valence-electron chi connectivity index (χ2n) is 4.78. The van der Waals surface area contributed by atoms with E-state index >= 15 is 0 Å². The molecule has 4 nitrogen and oxygen atoms in total. The van der Waals surface area contributed by atoms with Crippen LogP contribution in [0.2, 0.25) is 0 Å². The van der Waals surface area contributed by atoms with Crippen LogP contribution in [0, 0.1) is 0 Å². The molecule has 2 aromatic rings. The van der Waals surface area contributed by atoms with Gasteiger partial charge in [-0.1, -0.05) is 60.7 Å². The van der Waals surface area contributed by atoms with Crippen LogP contribution in [-0.2, 0) is 9.59 Å². The molecule has 2 rings (SSSR count). The predicted octanol–water partition coefficient (Wildman–Crippen LogP) is 3.93.